The first-order chi connectivity index (χ1) is 11.1. The average Bonchev–Trinajstić information content (AvgIpc) is 2.86. The smallest absolute Gasteiger partial charge is 0.200 e. The standard InChI is InChI=1S/C18H19ClN4.ClH/c1-23-17-14(19)7-6-13(16(17)22-18(23)20)9-11-8-12-4-2-3-5-15(12)21-10-11;/h6-8,10H,2-5,9H2,1H3,(H2,20,22);1H. The van der Waals surface area contributed by atoms with Gasteiger partial charge in [-0.2, -0.15) is 0 Å². The molecule has 0 fully saturated rings. The number of hydrogen-bond donors (Lipinski definition) is 1. The second kappa shape index (κ2) is 6.61. The first kappa shape index (κ1) is 17.1. The van der Waals surface area contributed by atoms with E-state index in [9.17, 15) is 0 Å². The molecule has 4 rings (SSSR count). The Hall–Kier alpha value is -1.78. The Labute approximate surface area is 152 Å². The van der Waals surface area contributed by atoms with Gasteiger partial charge < -0.3 is 10.3 Å². The van der Waals surface area contributed by atoms with E-state index in [1.807, 2.05) is 29.9 Å². The molecular weight excluding hydrogens is 343 g/mol. The fraction of sp³-hybridized carbons (Fsp3) is 0.333. The highest BCUT2D eigenvalue weighted by Crippen LogP contribution is 2.29. The lowest BCUT2D eigenvalue weighted by Gasteiger charge is -2.15. The topological polar surface area (TPSA) is 56.7 Å². The second-order valence-electron chi connectivity index (χ2n) is 6.27. The highest BCUT2D eigenvalue weighted by molar-refractivity contribution is 6.35. The van der Waals surface area contributed by atoms with Crippen molar-refractivity contribution in [3.63, 3.8) is 0 Å². The van der Waals surface area contributed by atoms with E-state index in [2.05, 4.69) is 16.0 Å². The third-order valence-electron chi connectivity index (χ3n) is 4.71. The summed E-state index contributed by atoms with van der Waals surface area (Å²) in [6, 6.07) is 6.26. The number of nitrogens with two attached hydrogens (primary N) is 1. The van der Waals surface area contributed by atoms with E-state index in [1.54, 1.807) is 0 Å². The molecule has 0 amide bonds. The van der Waals surface area contributed by atoms with Gasteiger partial charge in [0, 0.05) is 25.4 Å². The number of nitrogens with zero attached hydrogens (tertiary/aromatic N) is 3. The number of benzene rings is 1. The van der Waals surface area contributed by atoms with Gasteiger partial charge in [-0.05, 0) is 48.4 Å². The summed E-state index contributed by atoms with van der Waals surface area (Å²) in [4.78, 5) is 9.15. The van der Waals surface area contributed by atoms with Gasteiger partial charge in [-0.1, -0.05) is 23.7 Å². The molecule has 1 aromatic carbocycles. The van der Waals surface area contributed by atoms with Gasteiger partial charge in [0.15, 0.2) is 0 Å². The molecule has 126 valence electrons. The molecular formula is C18H20Cl2N4. The minimum Gasteiger partial charge on any atom is -0.369 e. The van der Waals surface area contributed by atoms with Crippen LogP contribution in [-0.2, 0) is 26.3 Å². The van der Waals surface area contributed by atoms with Crippen LogP contribution in [0.3, 0.4) is 0 Å². The van der Waals surface area contributed by atoms with Gasteiger partial charge in [0.1, 0.15) is 0 Å². The molecule has 2 aromatic heterocycles. The van der Waals surface area contributed by atoms with Crippen LogP contribution in [0.2, 0.25) is 5.02 Å². The second-order valence-corrected chi connectivity index (χ2v) is 6.67. The summed E-state index contributed by atoms with van der Waals surface area (Å²) in [7, 11) is 1.89. The van der Waals surface area contributed by atoms with E-state index in [0.29, 0.717) is 11.0 Å². The summed E-state index contributed by atoms with van der Waals surface area (Å²) in [6.07, 6.45) is 7.56. The largest absolute Gasteiger partial charge is 0.369 e. The van der Waals surface area contributed by atoms with Crippen LogP contribution in [0.15, 0.2) is 24.4 Å². The van der Waals surface area contributed by atoms with Crippen molar-refractivity contribution in [3.8, 4) is 0 Å². The zero-order valence-corrected chi connectivity index (χ0v) is 15.1. The molecule has 6 heteroatoms. The van der Waals surface area contributed by atoms with E-state index >= 15 is 0 Å². The molecule has 0 saturated heterocycles. The van der Waals surface area contributed by atoms with Crippen LogP contribution >= 0.6 is 24.0 Å². The normalized spacial score (nSPS) is 13.6. The number of halogens is 2. The van der Waals surface area contributed by atoms with Crippen LogP contribution < -0.4 is 5.73 Å². The minimum absolute atomic E-state index is 0. The highest BCUT2D eigenvalue weighted by Gasteiger charge is 2.15. The lowest BCUT2D eigenvalue weighted by Crippen LogP contribution is -2.06. The van der Waals surface area contributed by atoms with Crippen LogP contribution in [0.1, 0.15) is 35.2 Å². The van der Waals surface area contributed by atoms with Gasteiger partial charge >= 0.3 is 0 Å². The highest BCUT2D eigenvalue weighted by atomic mass is 35.5. The molecule has 3 aromatic rings. The zero-order chi connectivity index (χ0) is 16.0. The quantitative estimate of drug-likeness (QED) is 0.746. The number of imidazole rings is 1. The number of fused-ring (bicyclic) bond motifs is 2. The Morgan fingerprint density at radius 2 is 2.04 bits per heavy atom. The van der Waals surface area contributed by atoms with E-state index in [4.69, 9.17) is 17.3 Å². The predicted octanol–water partition coefficient (Wildman–Crippen LogP) is 4.10. The van der Waals surface area contributed by atoms with Gasteiger partial charge in [0.05, 0.1) is 16.1 Å². The monoisotopic (exact) mass is 362 g/mol. The average molecular weight is 363 g/mol. The van der Waals surface area contributed by atoms with Crippen LogP contribution in [0, 0.1) is 0 Å². The molecule has 1 aliphatic rings. The van der Waals surface area contributed by atoms with Crippen molar-refractivity contribution in [3.05, 3.63) is 51.8 Å². The maximum atomic E-state index is 6.32. The van der Waals surface area contributed by atoms with E-state index in [1.165, 1.54) is 29.7 Å². The van der Waals surface area contributed by atoms with Gasteiger partial charge in [-0.25, -0.2) is 4.98 Å². The summed E-state index contributed by atoms with van der Waals surface area (Å²) >= 11 is 6.32. The fourth-order valence-electron chi connectivity index (χ4n) is 3.44. The maximum absolute atomic E-state index is 6.32. The summed E-state index contributed by atoms with van der Waals surface area (Å²) in [6.45, 7) is 0. The van der Waals surface area contributed by atoms with Crippen molar-refractivity contribution in [2.24, 2.45) is 7.05 Å². The number of pyridine rings is 1. The molecule has 0 saturated carbocycles. The minimum atomic E-state index is 0. The van der Waals surface area contributed by atoms with Gasteiger partial charge in [0.25, 0.3) is 0 Å². The number of aryl methyl sites for hydroxylation is 3. The third-order valence-corrected chi connectivity index (χ3v) is 5.02. The van der Waals surface area contributed by atoms with Crippen molar-refractivity contribution in [2.45, 2.75) is 32.1 Å². The number of nitrogen functional groups attached to an aromatic ring is 1. The molecule has 0 atom stereocenters. The number of hydrogen-bond acceptors (Lipinski definition) is 3. The number of rotatable bonds is 2. The molecule has 0 radical (unpaired) electrons. The molecule has 0 bridgehead atoms. The molecule has 4 nitrogen and oxygen atoms in total. The number of anilines is 1. The molecule has 2 heterocycles. The Bertz CT molecular complexity index is 902. The van der Waals surface area contributed by atoms with Crippen molar-refractivity contribution >= 4 is 41.0 Å². The molecule has 24 heavy (non-hydrogen) atoms. The lowest BCUT2D eigenvalue weighted by atomic mass is 9.94. The Morgan fingerprint density at radius 1 is 1.25 bits per heavy atom. The van der Waals surface area contributed by atoms with E-state index < -0.39 is 0 Å². The molecule has 0 unspecified atom stereocenters. The van der Waals surface area contributed by atoms with Crippen molar-refractivity contribution in [1.82, 2.24) is 14.5 Å². The molecule has 1 aliphatic carbocycles. The number of aromatic nitrogens is 3. The molecule has 0 aliphatic heterocycles. The first-order valence-electron chi connectivity index (χ1n) is 7.99. The Morgan fingerprint density at radius 3 is 2.88 bits per heavy atom. The van der Waals surface area contributed by atoms with Crippen LogP contribution in [0.25, 0.3) is 11.0 Å². The summed E-state index contributed by atoms with van der Waals surface area (Å²) in [5.74, 6) is 0.484. The van der Waals surface area contributed by atoms with Crippen LogP contribution in [0.5, 0.6) is 0 Å². The van der Waals surface area contributed by atoms with Gasteiger partial charge in [-0.15, -0.1) is 12.4 Å². The lowest BCUT2D eigenvalue weighted by molar-refractivity contribution is 0.666. The van der Waals surface area contributed by atoms with Crippen molar-refractivity contribution in [1.29, 1.82) is 0 Å². The maximum Gasteiger partial charge on any atom is 0.200 e. The summed E-state index contributed by atoms with van der Waals surface area (Å²) in [5.41, 5.74) is 12.8. The van der Waals surface area contributed by atoms with Crippen LogP contribution in [-0.4, -0.2) is 14.5 Å². The van der Waals surface area contributed by atoms with Crippen molar-refractivity contribution in [2.75, 3.05) is 5.73 Å². The van der Waals surface area contributed by atoms with Crippen LogP contribution in [0.4, 0.5) is 5.95 Å². The SMILES string of the molecule is Cl.Cn1c(N)nc2c(Cc3cnc4c(c3)CCCC4)ccc(Cl)c21. The Kier molecular flexibility index (Phi) is 4.70. The molecule has 0 spiro atoms. The van der Waals surface area contributed by atoms with E-state index in [0.717, 1.165) is 35.9 Å². The van der Waals surface area contributed by atoms with E-state index in [-0.39, 0.29) is 12.4 Å². The van der Waals surface area contributed by atoms with Gasteiger partial charge in [0.2, 0.25) is 5.95 Å². The predicted molar refractivity (Wildman–Crippen MR) is 101 cm³/mol. The summed E-state index contributed by atoms with van der Waals surface area (Å²) in [5, 5.41) is 0.680. The zero-order valence-electron chi connectivity index (χ0n) is 13.6. The van der Waals surface area contributed by atoms with Crippen molar-refractivity contribution < 1.29 is 0 Å². The Balaban J connectivity index is 0.00000169. The fourth-order valence-corrected chi connectivity index (χ4v) is 3.72. The first-order valence-corrected chi connectivity index (χ1v) is 8.37. The third kappa shape index (κ3) is 2.85. The molecule has 2 N–H and O–H groups in total. The summed E-state index contributed by atoms with van der Waals surface area (Å²) < 4.78 is 1.84. The van der Waals surface area contributed by atoms with Gasteiger partial charge in [-0.3, -0.25) is 4.98 Å².